The van der Waals surface area contributed by atoms with Crippen molar-refractivity contribution in [2.45, 2.75) is 38.9 Å². The van der Waals surface area contributed by atoms with Crippen LogP contribution in [-0.4, -0.2) is 54.1 Å². The number of hydrogen-bond donors (Lipinski definition) is 0. The quantitative estimate of drug-likeness (QED) is 0.805. The summed E-state index contributed by atoms with van der Waals surface area (Å²) in [5, 5.41) is 0.541. The van der Waals surface area contributed by atoms with Crippen molar-refractivity contribution >= 4 is 17.5 Å². The van der Waals surface area contributed by atoms with Crippen LogP contribution in [0.15, 0.2) is 18.2 Å². The first kappa shape index (κ1) is 19.1. The summed E-state index contributed by atoms with van der Waals surface area (Å²) in [6.07, 6.45) is -4.22. The lowest BCUT2D eigenvalue weighted by molar-refractivity contribution is -0.153. The Hall–Kier alpha value is -1.27. The fraction of sp³-hybridized carbons (Fsp3) is 0.588. The number of alkyl halides is 3. The van der Waals surface area contributed by atoms with Crippen molar-refractivity contribution in [1.82, 2.24) is 9.80 Å². The van der Waals surface area contributed by atoms with E-state index in [2.05, 4.69) is 0 Å². The number of halogens is 4. The second-order valence-corrected chi connectivity index (χ2v) is 6.98. The molecular formula is C17H22ClF3N2O. The second kappa shape index (κ2) is 7.31. The minimum atomic E-state index is -4.22. The third-order valence-corrected chi connectivity index (χ3v) is 4.63. The summed E-state index contributed by atoms with van der Waals surface area (Å²) in [5.41, 5.74) is 1.44. The summed E-state index contributed by atoms with van der Waals surface area (Å²) in [7, 11) is 0. The maximum absolute atomic E-state index is 12.6. The maximum atomic E-state index is 12.6. The molecule has 0 spiro atoms. The molecule has 1 heterocycles. The highest BCUT2D eigenvalue weighted by Gasteiger charge is 2.36. The van der Waals surface area contributed by atoms with E-state index in [-0.39, 0.29) is 37.5 Å². The number of benzene rings is 1. The first-order chi connectivity index (χ1) is 11.1. The number of piperazine rings is 1. The highest BCUT2D eigenvalue weighted by Crippen LogP contribution is 2.26. The number of rotatable bonds is 3. The summed E-state index contributed by atoms with van der Waals surface area (Å²) >= 11 is 6.23. The summed E-state index contributed by atoms with van der Waals surface area (Å²) in [4.78, 5) is 15.6. The zero-order chi connectivity index (χ0) is 18.1. The molecule has 2 rings (SSSR count). The largest absolute Gasteiger partial charge is 0.401 e. The predicted molar refractivity (Wildman–Crippen MR) is 88.5 cm³/mol. The topological polar surface area (TPSA) is 23.6 Å². The van der Waals surface area contributed by atoms with Gasteiger partial charge >= 0.3 is 6.18 Å². The Labute approximate surface area is 145 Å². The van der Waals surface area contributed by atoms with Gasteiger partial charge in [-0.05, 0) is 30.5 Å². The molecule has 0 radical (unpaired) electrons. The Kier molecular flexibility index (Phi) is 5.81. The standard InChI is InChI=1S/C17H22ClF3N2O/c1-11(2)14-5-4-13(8-15(14)18)16(24)22-6-7-23(12(3)9-22)10-17(19,20)21/h4-5,8,11-12H,6-7,9-10H2,1-3H3. The van der Waals surface area contributed by atoms with Gasteiger partial charge in [0.05, 0.1) is 6.54 Å². The summed E-state index contributed by atoms with van der Waals surface area (Å²) in [6, 6.07) is 4.88. The summed E-state index contributed by atoms with van der Waals surface area (Å²) in [5.74, 6) is 0.0679. The van der Waals surface area contributed by atoms with Crippen LogP contribution in [0.4, 0.5) is 13.2 Å². The molecule has 0 bridgehead atoms. The molecule has 1 saturated heterocycles. The summed E-state index contributed by atoms with van der Waals surface area (Å²) < 4.78 is 37.6. The van der Waals surface area contributed by atoms with E-state index in [1.165, 1.54) is 4.90 Å². The van der Waals surface area contributed by atoms with Crippen LogP contribution < -0.4 is 0 Å². The van der Waals surface area contributed by atoms with Crippen LogP contribution in [0.3, 0.4) is 0 Å². The molecule has 1 amide bonds. The van der Waals surface area contributed by atoms with Gasteiger partial charge in [-0.25, -0.2) is 0 Å². The summed E-state index contributed by atoms with van der Waals surface area (Å²) in [6.45, 7) is 5.57. The lowest BCUT2D eigenvalue weighted by Gasteiger charge is -2.40. The Morgan fingerprint density at radius 2 is 2.00 bits per heavy atom. The lowest BCUT2D eigenvalue weighted by Crippen LogP contribution is -2.55. The molecule has 0 N–H and O–H groups in total. The monoisotopic (exact) mass is 362 g/mol. The zero-order valence-electron chi connectivity index (χ0n) is 14.0. The van der Waals surface area contributed by atoms with E-state index >= 15 is 0 Å². The fourth-order valence-electron chi connectivity index (χ4n) is 2.96. The van der Waals surface area contributed by atoms with Crippen LogP contribution in [0.5, 0.6) is 0 Å². The zero-order valence-corrected chi connectivity index (χ0v) is 14.8. The van der Waals surface area contributed by atoms with E-state index in [0.29, 0.717) is 10.6 Å². The average molecular weight is 363 g/mol. The van der Waals surface area contributed by atoms with Crippen LogP contribution in [-0.2, 0) is 0 Å². The van der Waals surface area contributed by atoms with E-state index in [1.807, 2.05) is 19.9 Å². The van der Waals surface area contributed by atoms with Gasteiger partial charge in [-0.2, -0.15) is 13.2 Å². The molecule has 1 fully saturated rings. The van der Waals surface area contributed by atoms with Crippen LogP contribution in [0.2, 0.25) is 5.02 Å². The number of carbonyl (C=O) groups is 1. The third-order valence-electron chi connectivity index (χ3n) is 4.30. The van der Waals surface area contributed by atoms with Crippen molar-refractivity contribution in [3.8, 4) is 0 Å². The van der Waals surface area contributed by atoms with Gasteiger partial charge in [0.15, 0.2) is 0 Å². The number of carbonyl (C=O) groups excluding carboxylic acids is 1. The molecule has 1 aliphatic rings. The molecule has 134 valence electrons. The molecule has 24 heavy (non-hydrogen) atoms. The van der Waals surface area contributed by atoms with Crippen LogP contribution in [0.1, 0.15) is 42.6 Å². The van der Waals surface area contributed by atoms with Crippen molar-refractivity contribution in [2.75, 3.05) is 26.2 Å². The molecule has 1 aromatic carbocycles. The highest BCUT2D eigenvalue weighted by molar-refractivity contribution is 6.31. The highest BCUT2D eigenvalue weighted by atomic mass is 35.5. The second-order valence-electron chi connectivity index (χ2n) is 6.58. The molecule has 1 aromatic rings. The SMILES string of the molecule is CC(C)c1ccc(C(=O)N2CCN(CC(F)(F)F)C(C)C2)cc1Cl. The maximum Gasteiger partial charge on any atom is 0.401 e. The number of amides is 1. The molecule has 0 aliphatic carbocycles. The van der Waals surface area contributed by atoms with E-state index < -0.39 is 12.7 Å². The van der Waals surface area contributed by atoms with Crippen molar-refractivity contribution in [3.05, 3.63) is 34.3 Å². The first-order valence-corrected chi connectivity index (χ1v) is 8.36. The van der Waals surface area contributed by atoms with Crippen molar-refractivity contribution in [3.63, 3.8) is 0 Å². The first-order valence-electron chi connectivity index (χ1n) is 7.98. The Morgan fingerprint density at radius 1 is 1.33 bits per heavy atom. The van der Waals surface area contributed by atoms with Crippen LogP contribution >= 0.6 is 11.6 Å². The van der Waals surface area contributed by atoms with Crippen molar-refractivity contribution < 1.29 is 18.0 Å². The fourth-order valence-corrected chi connectivity index (χ4v) is 3.35. The normalized spacial score (nSPS) is 19.8. The molecule has 3 nitrogen and oxygen atoms in total. The van der Waals surface area contributed by atoms with Gasteiger partial charge in [0.2, 0.25) is 0 Å². The Bertz CT molecular complexity index is 604. The van der Waals surface area contributed by atoms with Crippen LogP contribution in [0, 0.1) is 0 Å². The molecule has 7 heteroatoms. The number of nitrogens with zero attached hydrogens (tertiary/aromatic N) is 2. The third kappa shape index (κ3) is 4.63. The van der Waals surface area contributed by atoms with Gasteiger partial charge in [-0.3, -0.25) is 9.69 Å². The van der Waals surface area contributed by atoms with Gasteiger partial charge in [0.1, 0.15) is 0 Å². The molecule has 1 aliphatic heterocycles. The molecule has 0 saturated carbocycles. The molecule has 0 aromatic heterocycles. The lowest BCUT2D eigenvalue weighted by atomic mass is 10.0. The van der Waals surface area contributed by atoms with Crippen molar-refractivity contribution in [2.24, 2.45) is 0 Å². The average Bonchev–Trinajstić information content (AvgIpc) is 2.46. The number of hydrogen-bond acceptors (Lipinski definition) is 2. The Balaban J connectivity index is 2.06. The smallest absolute Gasteiger partial charge is 0.336 e. The Morgan fingerprint density at radius 3 is 2.50 bits per heavy atom. The minimum Gasteiger partial charge on any atom is -0.336 e. The molecule has 1 unspecified atom stereocenters. The molecule has 1 atom stereocenters. The van der Waals surface area contributed by atoms with E-state index in [0.717, 1.165) is 5.56 Å². The van der Waals surface area contributed by atoms with Gasteiger partial charge in [-0.15, -0.1) is 0 Å². The van der Waals surface area contributed by atoms with Gasteiger partial charge < -0.3 is 4.90 Å². The van der Waals surface area contributed by atoms with Gasteiger partial charge in [-0.1, -0.05) is 31.5 Å². The van der Waals surface area contributed by atoms with Gasteiger partial charge in [0.25, 0.3) is 5.91 Å². The minimum absolute atomic E-state index is 0.189. The van der Waals surface area contributed by atoms with E-state index in [9.17, 15) is 18.0 Å². The van der Waals surface area contributed by atoms with E-state index in [4.69, 9.17) is 11.6 Å². The van der Waals surface area contributed by atoms with Crippen LogP contribution in [0.25, 0.3) is 0 Å². The molecular weight excluding hydrogens is 341 g/mol. The van der Waals surface area contributed by atoms with E-state index in [1.54, 1.807) is 24.0 Å². The van der Waals surface area contributed by atoms with Crippen molar-refractivity contribution in [1.29, 1.82) is 0 Å². The van der Waals surface area contributed by atoms with Gasteiger partial charge in [0, 0.05) is 36.3 Å². The predicted octanol–water partition coefficient (Wildman–Crippen LogP) is 4.17.